The van der Waals surface area contributed by atoms with Gasteiger partial charge in [-0.05, 0) is 24.3 Å². The molecule has 0 aromatic heterocycles. The topological polar surface area (TPSA) is 35.5 Å². The minimum Gasteiger partial charge on any atom is -0.395 e. The highest BCUT2D eigenvalue weighted by atomic mass is 16.7. The molecular weight excluding hydrogens is 264 g/mol. The van der Waals surface area contributed by atoms with E-state index in [1.807, 2.05) is 39.8 Å². The number of para-hydroxylation sites is 2. The van der Waals surface area contributed by atoms with Gasteiger partial charge < -0.3 is 9.47 Å². The number of ether oxygens (including phenoxy) is 2. The third-order valence-corrected chi connectivity index (χ3v) is 1.89. The van der Waals surface area contributed by atoms with E-state index in [4.69, 9.17) is 9.47 Å². The smallest absolute Gasteiger partial charge is 0.395 e. The minimum absolute atomic E-state index is 0. The number of carbonyl (C=O) groups excluding carboxylic acids is 1. The summed E-state index contributed by atoms with van der Waals surface area (Å²) in [5, 5.41) is 0. The summed E-state index contributed by atoms with van der Waals surface area (Å²) in [6.45, 7) is 8.00. The highest BCUT2D eigenvalue weighted by Crippen LogP contribution is 2.12. The maximum absolute atomic E-state index is 11.3. The zero-order chi connectivity index (χ0) is 15.2. The SMILES string of the molecule is C.CC.CC.O=C(Oc1ccccc1)Oc1ccccc1. The monoisotopic (exact) mass is 290 g/mol. The summed E-state index contributed by atoms with van der Waals surface area (Å²) in [6, 6.07) is 17.6. The Labute approximate surface area is 128 Å². The highest BCUT2D eigenvalue weighted by molar-refractivity contribution is 5.66. The normalized spacial score (nSPS) is 7.81. The molecule has 0 N–H and O–H groups in total. The van der Waals surface area contributed by atoms with Crippen LogP contribution in [0.25, 0.3) is 0 Å². The zero-order valence-corrected chi connectivity index (χ0v) is 12.5. The lowest BCUT2D eigenvalue weighted by molar-refractivity contribution is 0.152. The Kier molecular flexibility index (Phi) is 14.1. The molecule has 0 amide bonds. The van der Waals surface area contributed by atoms with Gasteiger partial charge in [0.15, 0.2) is 0 Å². The van der Waals surface area contributed by atoms with Crippen LogP contribution in [0.1, 0.15) is 35.1 Å². The van der Waals surface area contributed by atoms with E-state index in [0.29, 0.717) is 11.5 Å². The van der Waals surface area contributed by atoms with Crippen molar-refractivity contribution in [3.05, 3.63) is 60.7 Å². The summed E-state index contributed by atoms with van der Waals surface area (Å²) >= 11 is 0. The highest BCUT2D eigenvalue weighted by Gasteiger charge is 2.06. The first-order valence-electron chi connectivity index (χ1n) is 6.84. The van der Waals surface area contributed by atoms with Gasteiger partial charge in [-0.2, -0.15) is 0 Å². The lowest BCUT2D eigenvalue weighted by Crippen LogP contribution is -2.13. The van der Waals surface area contributed by atoms with E-state index in [0.717, 1.165) is 0 Å². The standard InChI is InChI=1S/C13H10O3.2C2H6.CH4/c14-13(15-11-7-3-1-4-8-11)16-12-9-5-2-6-10-12;2*1-2;/h1-10H;2*1-2H3;1H4. The van der Waals surface area contributed by atoms with Crippen LogP contribution < -0.4 is 9.47 Å². The molecule has 0 aliphatic heterocycles. The predicted octanol–water partition coefficient (Wildman–Crippen LogP) is 5.95. The van der Waals surface area contributed by atoms with E-state index in [-0.39, 0.29) is 7.43 Å². The maximum atomic E-state index is 11.3. The van der Waals surface area contributed by atoms with Gasteiger partial charge >= 0.3 is 6.16 Å². The average Bonchev–Trinajstić information content (AvgIpc) is 2.53. The molecule has 0 fully saturated rings. The number of rotatable bonds is 2. The van der Waals surface area contributed by atoms with E-state index < -0.39 is 6.16 Å². The molecule has 2 rings (SSSR count). The fourth-order valence-electron chi connectivity index (χ4n) is 1.19. The van der Waals surface area contributed by atoms with Crippen molar-refractivity contribution in [3.8, 4) is 11.5 Å². The van der Waals surface area contributed by atoms with Crippen molar-refractivity contribution in [2.75, 3.05) is 0 Å². The third kappa shape index (κ3) is 9.27. The van der Waals surface area contributed by atoms with Crippen LogP contribution in [-0.4, -0.2) is 6.16 Å². The first kappa shape index (κ1) is 21.0. The average molecular weight is 290 g/mol. The van der Waals surface area contributed by atoms with Gasteiger partial charge in [-0.25, -0.2) is 4.79 Å². The largest absolute Gasteiger partial charge is 0.519 e. The molecule has 0 aliphatic rings. The number of carbonyl (C=O) groups is 1. The van der Waals surface area contributed by atoms with Gasteiger partial charge in [0.1, 0.15) is 11.5 Å². The molecule has 3 nitrogen and oxygen atoms in total. The van der Waals surface area contributed by atoms with Gasteiger partial charge in [-0.3, -0.25) is 0 Å². The van der Waals surface area contributed by atoms with Crippen LogP contribution in [0.5, 0.6) is 11.5 Å². The van der Waals surface area contributed by atoms with Gasteiger partial charge in [0.2, 0.25) is 0 Å². The Morgan fingerprint density at radius 1 is 0.667 bits per heavy atom. The lowest BCUT2D eigenvalue weighted by atomic mass is 10.3. The van der Waals surface area contributed by atoms with Crippen molar-refractivity contribution in [3.63, 3.8) is 0 Å². The first-order chi connectivity index (χ1) is 9.84. The second kappa shape index (κ2) is 14.1. The van der Waals surface area contributed by atoms with Gasteiger partial charge in [0.25, 0.3) is 0 Å². The van der Waals surface area contributed by atoms with E-state index in [1.165, 1.54) is 0 Å². The van der Waals surface area contributed by atoms with Gasteiger partial charge in [0.05, 0.1) is 0 Å². The fraction of sp³-hybridized carbons (Fsp3) is 0.278. The van der Waals surface area contributed by atoms with Crippen molar-refractivity contribution in [2.24, 2.45) is 0 Å². The van der Waals surface area contributed by atoms with Crippen molar-refractivity contribution < 1.29 is 14.3 Å². The third-order valence-electron chi connectivity index (χ3n) is 1.89. The van der Waals surface area contributed by atoms with Crippen molar-refractivity contribution in [1.82, 2.24) is 0 Å². The summed E-state index contributed by atoms with van der Waals surface area (Å²) < 4.78 is 9.91. The summed E-state index contributed by atoms with van der Waals surface area (Å²) in [6.07, 6.45) is -0.739. The van der Waals surface area contributed by atoms with Crippen molar-refractivity contribution in [2.45, 2.75) is 35.1 Å². The van der Waals surface area contributed by atoms with Crippen LogP contribution in [0.15, 0.2) is 60.7 Å². The molecule has 0 spiro atoms. The number of hydrogen-bond acceptors (Lipinski definition) is 3. The van der Waals surface area contributed by atoms with E-state index >= 15 is 0 Å². The molecule has 116 valence electrons. The Morgan fingerprint density at radius 3 is 1.24 bits per heavy atom. The molecule has 2 aromatic rings. The Hall–Kier alpha value is -2.29. The van der Waals surface area contributed by atoms with Crippen LogP contribution in [0.3, 0.4) is 0 Å². The summed E-state index contributed by atoms with van der Waals surface area (Å²) in [4.78, 5) is 11.3. The molecule has 21 heavy (non-hydrogen) atoms. The van der Waals surface area contributed by atoms with E-state index in [9.17, 15) is 4.79 Å². The fourth-order valence-corrected chi connectivity index (χ4v) is 1.19. The van der Waals surface area contributed by atoms with E-state index in [2.05, 4.69) is 0 Å². The molecule has 0 heterocycles. The van der Waals surface area contributed by atoms with E-state index in [1.54, 1.807) is 48.5 Å². The molecule has 3 heteroatoms. The van der Waals surface area contributed by atoms with Crippen LogP contribution >= 0.6 is 0 Å². The van der Waals surface area contributed by atoms with Crippen LogP contribution in [0.4, 0.5) is 4.79 Å². The van der Waals surface area contributed by atoms with Crippen LogP contribution in [0, 0.1) is 0 Å². The van der Waals surface area contributed by atoms with Crippen LogP contribution in [0.2, 0.25) is 0 Å². The Balaban J connectivity index is 0. The molecule has 0 aliphatic carbocycles. The molecule has 0 radical (unpaired) electrons. The Bertz CT molecular complexity index is 409. The minimum atomic E-state index is -0.739. The number of benzene rings is 2. The summed E-state index contributed by atoms with van der Waals surface area (Å²) in [5.41, 5.74) is 0. The second-order valence-electron chi connectivity index (χ2n) is 3.08. The quantitative estimate of drug-likeness (QED) is 0.506. The molecule has 0 bridgehead atoms. The molecule has 2 aromatic carbocycles. The van der Waals surface area contributed by atoms with Gasteiger partial charge in [0, 0.05) is 0 Å². The van der Waals surface area contributed by atoms with Crippen LogP contribution in [-0.2, 0) is 0 Å². The summed E-state index contributed by atoms with van der Waals surface area (Å²) in [7, 11) is 0. The van der Waals surface area contributed by atoms with Gasteiger partial charge in [-0.15, -0.1) is 0 Å². The molecular formula is C18H26O3. The molecule has 0 saturated carbocycles. The molecule has 0 unspecified atom stereocenters. The first-order valence-corrected chi connectivity index (χ1v) is 6.84. The summed E-state index contributed by atoms with van der Waals surface area (Å²) in [5.74, 6) is 0.923. The Morgan fingerprint density at radius 2 is 0.952 bits per heavy atom. The number of hydrogen-bond donors (Lipinski definition) is 0. The second-order valence-corrected chi connectivity index (χ2v) is 3.08. The zero-order valence-electron chi connectivity index (χ0n) is 12.5. The van der Waals surface area contributed by atoms with Gasteiger partial charge in [-0.1, -0.05) is 71.5 Å². The molecule has 0 atom stereocenters. The lowest BCUT2D eigenvalue weighted by Gasteiger charge is -2.04. The maximum Gasteiger partial charge on any atom is 0.519 e. The molecule has 0 saturated heterocycles. The predicted molar refractivity (Wildman–Crippen MR) is 89.0 cm³/mol. The van der Waals surface area contributed by atoms with Crippen molar-refractivity contribution >= 4 is 6.16 Å². The van der Waals surface area contributed by atoms with Crippen molar-refractivity contribution in [1.29, 1.82) is 0 Å².